The molecule has 19 heavy (non-hydrogen) atoms. The molecule has 2 N–H and O–H groups in total. The zero-order valence-electron chi connectivity index (χ0n) is 9.67. The van der Waals surface area contributed by atoms with E-state index in [0.717, 1.165) is 0 Å². The summed E-state index contributed by atoms with van der Waals surface area (Å²) in [5.41, 5.74) is 5.74. The van der Waals surface area contributed by atoms with Crippen LogP contribution in [0.2, 0.25) is 5.02 Å². The van der Waals surface area contributed by atoms with Gasteiger partial charge in [0.2, 0.25) is 5.91 Å². The van der Waals surface area contributed by atoms with Crippen LogP contribution in [0, 0.1) is 10.1 Å². The normalized spacial score (nSPS) is 10.2. The van der Waals surface area contributed by atoms with Crippen molar-refractivity contribution >= 4 is 23.2 Å². The maximum atomic E-state index is 11.2. The fourth-order valence-electron chi connectivity index (χ4n) is 1.78. The number of primary amides is 1. The average molecular weight is 277 g/mol. The van der Waals surface area contributed by atoms with E-state index in [-0.39, 0.29) is 16.3 Å². The molecule has 0 saturated carbocycles. The lowest BCUT2D eigenvalue weighted by atomic mass is 10.0. The van der Waals surface area contributed by atoms with Gasteiger partial charge in [-0.3, -0.25) is 14.9 Å². The number of amides is 1. The molecule has 0 aromatic heterocycles. The zero-order valence-corrected chi connectivity index (χ0v) is 10.4. The number of nitro benzene ring substituents is 1. The second-order valence-electron chi connectivity index (χ2n) is 3.81. The van der Waals surface area contributed by atoms with Gasteiger partial charge >= 0.3 is 0 Å². The molecule has 2 aromatic rings. The number of hydrogen-bond acceptors (Lipinski definition) is 3. The highest BCUT2D eigenvalue weighted by molar-refractivity contribution is 6.36. The highest BCUT2D eigenvalue weighted by Gasteiger charge is 2.24. The van der Waals surface area contributed by atoms with Crippen LogP contribution >= 0.6 is 11.6 Å². The van der Waals surface area contributed by atoms with Gasteiger partial charge in [-0.05, 0) is 17.7 Å². The smallest absolute Gasteiger partial charge is 0.296 e. The van der Waals surface area contributed by atoms with Crippen LogP contribution in [0.3, 0.4) is 0 Å². The Labute approximate surface area is 113 Å². The summed E-state index contributed by atoms with van der Waals surface area (Å²) in [7, 11) is 0. The molecule has 2 rings (SSSR count). The van der Waals surface area contributed by atoms with E-state index in [1.807, 2.05) is 0 Å². The van der Waals surface area contributed by atoms with E-state index in [9.17, 15) is 14.9 Å². The summed E-state index contributed by atoms with van der Waals surface area (Å²) in [6, 6.07) is 11.6. The summed E-state index contributed by atoms with van der Waals surface area (Å²) in [5, 5.41) is 10.9. The first-order valence-corrected chi connectivity index (χ1v) is 5.72. The summed E-state index contributed by atoms with van der Waals surface area (Å²) in [6.07, 6.45) is 0. The maximum Gasteiger partial charge on any atom is 0.296 e. The van der Waals surface area contributed by atoms with Crippen LogP contribution in [-0.2, 0) is 0 Å². The van der Waals surface area contributed by atoms with Gasteiger partial charge in [-0.25, -0.2) is 0 Å². The molecule has 0 saturated heterocycles. The van der Waals surface area contributed by atoms with Crippen LogP contribution in [0.15, 0.2) is 42.5 Å². The Morgan fingerprint density at radius 3 is 2.32 bits per heavy atom. The summed E-state index contributed by atoms with van der Waals surface area (Å²) < 4.78 is 0. The molecule has 0 bridgehead atoms. The van der Waals surface area contributed by atoms with Crippen LogP contribution < -0.4 is 5.73 Å². The van der Waals surface area contributed by atoms with Gasteiger partial charge in [0.25, 0.3) is 5.69 Å². The Morgan fingerprint density at radius 1 is 1.16 bits per heavy atom. The van der Waals surface area contributed by atoms with E-state index in [4.69, 9.17) is 17.3 Å². The molecule has 1 amide bonds. The van der Waals surface area contributed by atoms with Crippen molar-refractivity contribution in [2.45, 2.75) is 0 Å². The lowest BCUT2D eigenvalue weighted by molar-refractivity contribution is -0.384. The van der Waals surface area contributed by atoms with Crippen molar-refractivity contribution in [1.29, 1.82) is 0 Å². The van der Waals surface area contributed by atoms with Gasteiger partial charge in [-0.2, -0.15) is 0 Å². The topological polar surface area (TPSA) is 86.2 Å². The lowest BCUT2D eigenvalue weighted by Gasteiger charge is -2.07. The number of carbonyl (C=O) groups excluding carboxylic acids is 1. The standard InChI is InChI=1S/C13H9ClN2O3/c14-11-10(13(15)17)7-6-9(12(11)16(18)19)8-4-2-1-3-5-8/h1-7H,(H2,15,17). The van der Waals surface area contributed by atoms with Crippen molar-refractivity contribution in [3.63, 3.8) is 0 Å². The molecule has 2 aromatic carbocycles. The van der Waals surface area contributed by atoms with Crippen molar-refractivity contribution in [3.05, 3.63) is 63.2 Å². The number of nitro groups is 1. The van der Waals surface area contributed by atoms with Gasteiger partial charge in [-0.1, -0.05) is 41.9 Å². The van der Waals surface area contributed by atoms with E-state index in [1.54, 1.807) is 30.3 Å². The van der Waals surface area contributed by atoms with Crippen LogP contribution in [-0.4, -0.2) is 10.8 Å². The van der Waals surface area contributed by atoms with Gasteiger partial charge in [0.05, 0.1) is 16.1 Å². The molecular weight excluding hydrogens is 268 g/mol. The summed E-state index contributed by atoms with van der Waals surface area (Å²) in [4.78, 5) is 21.7. The summed E-state index contributed by atoms with van der Waals surface area (Å²) in [5.74, 6) is -0.798. The number of hydrogen-bond donors (Lipinski definition) is 1. The third-order valence-corrected chi connectivity index (χ3v) is 3.03. The monoisotopic (exact) mass is 276 g/mol. The molecule has 0 aliphatic heterocycles. The van der Waals surface area contributed by atoms with E-state index in [1.165, 1.54) is 12.1 Å². The van der Waals surface area contributed by atoms with Crippen molar-refractivity contribution in [1.82, 2.24) is 0 Å². The molecule has 0 heterocycles. The number of benzene rings is 2. The van der Waals surface area contributed by atoms with Gasteiger partial charge in [0.15, 0.2) is 0 Å². The van der Waals surface area contributed by atoms with Crippen molar-refractivity contribution in [2.75, 3.05) is 0 Å². The molecular formula is C13H9ClN2O3. The molecule has 0 aliphatic carbocycles. The van der Waals surface area contributed by atoms with Crippen molar-refractivity contribution in [3.8, 4) is 11.1 Å². The minimum Gasteiger partial charge on any atom is -0.366 e. The van der Waals surface area contributed by atoms with E-state index < -0.39 is 10.8 Å². The van der Waals surface area contributed by atoms with Crippen LogP contribution in [0.5, 0.6) is 0 Å². The van der Waals surface area contributed by atoms with Crippen LogP contribution in [0.4, 0.5) is 5.69 Å². The fraction of sp³-hybridized carbons (Fsp3) is 0. The van der Waals surface area contributed by atoms with Gasteiger partial charge in [-0.15, -0.1) is 0 Å². The molecule has 96 valence electrons. The molecule has 0 atom stereocenters. The SMILES string of the molecule is NC(=O)c1ccc(-c2ccccc2)c([N+](=O)[O-])c1Cl. The highest BCUT2D eigenvalue weighted by atomic mass is 35.5. The largest absolute Gasteiger partial charge is 0.366 e. The lowest BCUT2D eigenvalue weighted by Crippen LogP contribution is -2.12. The third-order valence-electron chi connectivity index (χ3n) is 2.65. The third kappa shape index (κ3) is 2.41. The number of nitrogens with two attached hydrogens (primary N) is 1. The average Bonchev–Trinajstić information content (AvgIpc) is 2.38. The molecule has 0 radical (unpaired) electrons. The van der Waals surface area contributed by atoms with Gasteiger partial charge in [0, 0.05) is 0 Å². The summed E-state index contributed by atoms with van der Waals surface area (Å²) in [6.45, 7) is 0. The van der Waals surface area contributed by atoms with Crippen molar-refractivity contribution in [2.24, 2.45) is 5.73 Å². The fourth-order valence-corrected chi connectivity index (χ4v) is 2.11. The van der Waals surface area contributed by atoms with Crippen molar-refractivity contribution < 1.29 is 9.72 Å². The van der Waals surface area contributed by atoms with Crippen LogP contribution in [0.1, 0.15) is 10.4 Å². The quantitative estimate of drug-likeness (QED) is 0.690. The second kappa shape index (κ2) is 5.07. The van der Waals surface area contributed by atoms with Gasteiger partial charge < -0.3 is 5.73 Å². The Morgan fingerprint density at radius 2 is 1.79 bits per heavy atom. The van der Waals surface area contributed by atoms with Gasteiger partial charge in [0.1, 0.15) is 5.02 Å². The molecule has 0 spiro atoms. The Hall–Kier alpha value is -2.40. The Kier molecular flexibility index (Phi) is 3.48. The predicted molar refractivity (Wildman–Crippen MR) is 72.1 cm³/mol. The first kappa shape index (κ1) is 13.0. The predicted octanol–water partition coefficient (Wildman–Crippen LogP) is 3.01. The minimum absolute atomic E-state index is 0.0620. The number of rotatable bonds is 3. The number of halogens is 1. The highest BCUT2D eigenvalue weighted by Crippen LogP contribution is 2.37. The van der Waals surface area contributed by atoms with Crippen LogP contribution in [0.25, 0.3) is 11.1 Å². The second-order valence-corrected chi connectivity index (χ2v) is 4.19. The minimum atomic E-state index is -0.798. The molecule has 0 fully saturated rings. The Balaban J connectivity index is 2.73. The number of carbonyl (C=O) groups is 1. The number of nitrogens with zero attached hydrogens (tertiary/aromatic N) is 1. The Bertz CT molecular complexity index is 656. The summed E-state index contributed by atoms with van der Waals surface area (Å²) >= 11 is 5.91. The maximum absolute atomic E-state index is 11.2. The molecule has 5 nitrogen and oxygen atoms in total. The first-order chi connectivity index (χ1) is 9.02. The van der Waals surface area contributed by atoms with E-state index in [2.05, 4.69) is 0 Å². The molecule has 0 unspecified atom stereocenters. The van der Waals surface area contributed by atoms with E-state index in [0.29, 0.717) is 11.1 Å². The molecule has 6 heteroatoms. The zero-order chi connectivity index (χ0) is 14.0. The first-order valence-electron chi connectivity index (χ1n) is 5.34. The molecule has 0 aliphatic rings. The van der Waals surface area contributed by atoms with E-state index >= 15 is 0 Å².